The monoisotopic (exact) mass is 343 g/mol. The second-order valence-electron chi connectivity index (χ2n) is 4.78. The van der Waals surface area contributed by atoms with Crippen LogP contribution in [-0.2, 0) is 9.53 Å². The number of carbonyl (C=O) groups is 2. The molecule has 0 bridgehead atoms. The van der Waals surface area contributed by atoms with Crippen LogP contribution in [0.25, 0.3) is 0 Å². The van der Waals surface area contributed by atoms with Crippen LogP contribution in [-0.4, -0.2) is 25.5 Å². The van der Waals surface area contributed by atoms with E-state index in [9.17, 15) is 9.59 Å². The summed E-state index contributed by atoms with van der Waals surface area (Å²) in [6, 6.07) is 13.3. The molecule has 0 aromatic heterocycles. The molecule has 2 N–H and O–H groups in total. The summed E-state index contributed by atoms with van der Waals surface area (Å²) in [5, 5.41) is 14.7. The summed E-state index contributed by atoms with van der Waals surface area (Å²) in [5.41, 5.74) is 1.76. The fourth-order valence-electron chi connectivity index (χ4n) is 1.96. The maximum atomic E-state index is 12.0. The minimum atomic E-state index is -0.554. The van der Waals surface area contributed by atoms with Crippen molar-refractivity contribution < 1.29 is 14.3 Å². The van der Waals surface area contributed by atoms with Gasteiger partial charge in [-0.3, -0.25) is 4.79 Å². The Hall–Kier alpha value is -3.04. The van der Waals surface area contributed by atoms with E-state index in [0.29, 0.717) is 16.9 Å². The smallest absolute Gasteiger partial charge is 0.339 e. The summed E-state index contributed by atoms with van der Waals surface area (Å²) >= 11 is 5.93. The minimum absolute atomic E-state index is 0.0149. The van der Waals surface area contributed by atoms with Crippen LogP contribution in [0.15, 0.2) is 42.5 Å². The molecule has 2 aromatic carbocycles. The van der Waals surface area contributed by atoms with Crippen LogP contribution in [0, 0.1) is 11.3 Å². The zero-order valence-corrected chi connectivity index (χ0v) is 13.6. The Balaban J connectivity index is 1.99. The molecule has 0 saturated carbocycles. The van der Waals surface area contributed by atoms with Crippen molar-refractivity contribution in [1.82, 2.24) is 0 Å². The van der Waals surface area contributed by atoms with Gasteiger partial charge in [-0.05, 0) is 36.4 Å². The average molecular weight is 344 g/mol. The lowest BCUT2D eigenvalue weighted by atomic mass is 10.2. The predicted octanol–water partition coefficient (Wildman–Crippen LogP) is 3.05. The normalized spacial score (nSPS) is 9.71. The van der Waals surface area contributed by atoms with Crippen molar-refractivity contribution in [2.45, 2.75) is 0 Å². The van der Waals surface area contributed by atoms with Crippen LogP contribution >= 0.6 is 11.6 Å². The number of benzene rings is 2. The van der Waals surface area contributed by atoms with E-state index >= 15 is 0 Å². The Morgan fingerprint density at radius 2 is 2.00 bits per heavy atom. The number of anilines is 2. The van der Waals surface area contributed by atoms with Gasteiger partial charge in [-0.2, -0.15) is 5.26 Å². The van der Waals surface area contributed by atoms with E-state index in [0.717, 1.165) is 0 Å². The molecule has 0 fully saturated rings. The lowest BCUT2D eigenvalue weighted by Gasteiger charge is -2.10. The van der Waals surface area contributed by atoms with Crippen molar-refractivity contribution in [1.29, 1.82) is 5.26 Å². The van der Waals surface area contributed by atoms with Crippen molar-refractivity contribution in [3.63, 3.8) is 0 Å². The molecule has 0 radical (unpaired) electrons. The van der Waals surface area contributed by atoms with Crippen LogP contribution < -0.4 is 10.6 Å². The molecule has 0 heterocycles. The van der Waals surface area contributed by atoms with Gasteiger partial charge < -0.3 is 15.4 Å². The Morgan fingerprint density at radius 3 is 2.71 bits per heavy atom. The molecule has 0 aliphatic heterocycles. The van der Waals surface area contributed by atoms with Gasteiger partial charge in [0.25, 0.3) is 0 Å². The number of hydrogen-bond donors (Lipinski definition) is 2. The molecule has 7 heteroatoms. The number of ether oxygens (including phenoxy) is 1. The summed E-state index contributed by atoms with van der Waals surface area (Å²) in [5.74, 6) is -0.846. The van der Waals surface area contributed by atoms with Gasteiger partial charge in [-0.25, -0.2) is 4.79 Å². The topological polar surface area (TPSA) is 91.2 Å². The van der Waals surface area contributed by atoms with Crippen LogP contribution in [0.1, 0.15) is 15.9 Å². The number of rotatable bonds is 5. The van der Waals surface area contributed by atoms with Gasteiger partial charge in [-0.15, -0.1) is 0 Å². The summed E-state index contributed by atoms with van der Waals surface area (Å²) in [4.78, 5) is 23.5. The SMILES string of the molecule is COC(=O)c1cc(NCC(=O)Nc2cccc(C#N)c2)ccc1Cl. The molecule has 0 aliphatic carbocycles. The molecule has 0 spiro atoms. The third-order valence-electron chi connectivity index (χ3n) is 3.10. The van der Waals surface area contributed by atoms with Crippen molar-refractivity contribution in [2.24, 2.45) is 0 Å². The van der Waals surface area contributed by atoms with E-state index in [2.05, 4.69) is 15.4 Å². The molecule has 0 saturated heterocycles. The molecule has 0 atom stereocenters. The number of nitrogens with one attached hydrogen (secondary N) is 2. The predicted molar refractivity (Wildman–Crippen MR) is 91.1 cm³/mol. The van der Waals surface area contributed by atoms with E-state index in [4.69, 9.17) is 16.9 Å². The maximum absolute atomic E-state index is 12.0. The zero-order valence-electron chi connectivity index (χ0n) is 12.8. The summed E-state index contributed by atoms with van der Waals surface area (Å²) in [7, 11) is 1.27. The van der Waals surface area contributed by atoms with Crippen LogP contribution in [0.2, 0.25) is 5.02 Å². The second-order valence-corrected chi connectivity index (χ2v) is 5.19. The largest absolute Gasteiger partial charge is 0.465 e. The molecular weight excluding hydrogens is 330 g/mol. The fraction of sp³-hybridized carbons (Fsp3) is 0.118. The average Bonchev–Trinajstić information content (AvgIpc) is 2.60. The van der Waals surface area contributed by atoms with Gasteiger partial charge in [-0.1, -0.05) is 17.7 Å². The standard InChI is InChI=1S/C17H14ClN3O3/c1-24-17(23)14-8-12(5-6-15(14)18)20-10-16(22)21-13-4-2-3-11(7-13)9-19/h2-8,20H,10H2,1H3,(H,21,22). The highest BCUT2D eigenvalue weighted by Gasteiger charge is 2.12. The highest BCUT2D eigenvalue weighted by molar-refractivity contribution is 6.33. The Kier molecular flexibility index (Phi) is 5.77. The van der Waals surface area contributed by atoms with Gasteiger partial charge in [0.15, 0.2) is 0 Å². The molecule has 24 heavy (non-hydrogen) atoms. The molecule has 2 rings (SSSR count). The first-order valence-corrected chi connectivity index (χ1v) is 7.33. The summed E-state index contributed by atoms with van der Waals surface area (Å²) in [6.45, 7) is -0.0149. The van der Waals surface area contributed by atoms with Gasteiger partial charge in [0.1, 0.15) is 0 Å². The highest BCUT2D eigenvalue weighted by atomic mass is 35.5. The van der Waals surface area contributed by atoms with Gasteiger partial charge in [0.05, 0.1) is 35.9 Å². The number of esters is 1. The van der Waals surface area contributed by atoms with Crippen molar-refractivity contribution in [3.05, 3.63) is 58.6 Å². The molecule has 0 aliphatic rings. The number of nitriles is 1. The van der Waals surface area contributed by atoms with Crippen LogP contribution in [0.5, 0.6) is 0 Å². The van der Waals surface area contributed by atoms with Crippen molar-refractivity contribution >= 4 is 34.9 Å². The Bertz CT molecular complexity index is 815. The first-order valence-electron chi connectivity index (χ1n) is 6.95. The summed E-state index contributed by atoms with van der Waals surface area (Å²) < 4.78 is 4.64. The van der Waals surface area contributed by atoms with Crippen LogP contribution in [0.3, 0.4) is 0 Å². The maximum Gasteiger partial charge on any atom is 0.339 e. The number of methoxy groups -OCH3 is 1. The highest BCUT2D eigenvalue weighted by Crippen LogP contribution is 2.21. The van der Waals surface area contributed by atoms with E-state index in [-0.39, 0.29) is 23.0 Å². The molecule has 2 aromatic rings. The number of carbonyl (C=O) groups excluding carboxylic acids is 2. The fourth-order valence-corrected chi connectivity index (χ4v) is 2.15. The first-order chi connectivity index (χ1) is 11.5. The zero-order chi connectivity index (χ0) is 17.5. The van der Waals surface area contributed by atoms with E-state index in [1.54, 1.807) is 36.4 Å². The van der Waals surface area contributed by atoms with Gasteiger partial charge in [0.2, 0.25) is 5.91 Å². The second kappa shape index (κ2) is 7.99. The lowest BCUT2D eigenvalue weighted by Crippen LogP contribution is -2.21. The number of nitrogens with zero attached hydrogens (tertiary/aromatic N) is 1. The molecule has 0 unspecified atom stereocenters. The van der Waals surface area contributed by atoms with Gasteiger partial charge >= 0.3 is 5.97 Å². The van der Waals surface area contributed by atoms with E-state index < -0.39 is 5.97 Å². The van der Waals surface area contributed by atoms with E-state index in [1.807, 2.05) is 6.07 Å². The Morgan fingerprint density at radius 1 is 1.21 bits per heavy atom. The summed E-state index contributed by atoms with van der Waals surface area (Å²) in [6.07, 6.45) is 0. The minimum Gasteiger partial charge on any atom is -0.465 e. The first kappa shape index (κ1) is 17.3. The molecule has 1 amide bonds. The van der Waals surface area contributed by atoms with Crippen LogP contribution in [0.4, 0.5) is 11.4 Å². The van der Waals surface area contributed by atoms with Crippen molar-refractivity contribution in [3.8, 4) is 6.07 Å². The third kappa shape index (κ3) is 4.48. The number of halogens is 1. The lowest BCUT2D eigenvalue weighted by molar-refractivity contribution is -0.114. The number of amides is 1. The quantitative estimate of drug-likeness (QED) is 0.814. The Labute approximate surface area is 144 Å². The number of hydrogen-bond acceptors (Lipinski definition) is 5. The van der Waals surface area contributed by atoms with Crippen molar-refractivity contribution in [2.75, 3.05) is 24.3 Å². The van der Waals surface area contributed by atoms with Gasteiger partial charge in [0, 0.05) is 11.4 Å². The molecular formula is C17H14ClN3O3. The third-order valence-corrected chi connectivity index (χ3v) is 3.43. The molecule has 6 nitrogen and oxygen atoms in total. The molecule has 122 valence electrons. The van der Waals surface area contributed by atoms with E-state index in [1.165, 1.54) is 13.2 Å².